The Morgan fingerprint density at radius 1 is 1.42 bits per heavy atom. The molecule has 1 aromatic rings. The third kappa shape index (κ3) is 2.67. The number of nitrogens with two attached hydrogens (primary N) is 1. The molecule has 0 aliphatic carbocycles. The maximum Gasteiger partial charge on any atom is 0.340 e. The lowest BCUT2D eigenvalue weighted by molar-refractivity contribution is 0.0602. The predicted octanol–water partition coefficient (Wildman–Crippen LogP) is 2.60. The highest BCUT2D eigenvalue weighted by molar-refractivity contribution is 5.97. The number of carbonyl (C=O) groups is 1. The summed E-state index contributed by atoms with van der Waals surface area (Å²) in [4.78, 5) is 14.1. The Bertz CT molecular complexity index is 509. The number of anilines is 2. The van der Waals surface area contributed by atoms with Gasteiger partial charge in [-0.15, -0.1) is 0 Å². The summed E-state index contributed by atoms with van der Waals surface area (Å²) in [6, 6.07) is 3.89. The topological polar surface area (TPSA) is 55.6 Å². The quantitative estimate of drug-likeness (QED) is 0.657. The first kappa shape index (κ1) is 13.7. The van der Waals surface area contributed by atoms with Crippen LogP contribution < -0.4 is 10.6 Å². The molecular formula is C15H22N2O2. The molecule has 1 aromatic carbocycles. The molecule has 0 bridgehead atoms. The highest BCUT2D eigenvalue weighted by atomic mass is 16.5. The van der Waals surface area contributed by atoms with E-state index in [0.29, 0.717) is 16.7 Å². The molecule has 1 fully saturated rings. The van der Waals surface area contributed by atoms with Crippen LogP contribution in [0.5, 0.6) is 0 Å². The zero-order valence-electron chi connectivity index (χ0n) is 12.1. The zero-order valence-corrected chi connectivity index (χ0v) is 12.1. The largest absolute Gasteiger partial charge is 0.465 e. The van der Waals surface area contributed by atoms with Crippen LogP contribution in [0.25, 0.3) is 0 Å². The number of nitrogen functional groups attached to an aromatic ring is 1. The smallest absolute Gasteiger partial charge is 0.340 e. The van der Waals surface area contributed by atoms with Crippen LogP contribution in [-0.4, -0.2) is 26.2 Å². The Morgan fingerprint density at radius 2 is 2.11 bits per heavy atom. The van der Waals surface area contributed by atoms with Crippen LogP contribution in [-0.2, 0) is 4.74 Å². The van der Waals surface area contributed by atoms with Gasteiger partial charge < -0.3 is 15.4 Å². The van der Waals surface area contributed by atoms with Gasteiger partial charge in [0.2, 0.25) is 0 Å². The molecular weight excluding hydrogens is 240 g/mol. The van der Waals surface area contributed by atoms with E-state index in [1.165, 1.54) is 7.11 Å². The highest BCUT2D eigenvalue weighted by Crippen LogP contribution is 2.34. The van der Waals surface area contributed by atoms with Gasteiger partial charge in [0.1, 0.15) is 0 Å². The molecule has 1 heterocycles. The minimum absolute atomic E-state index is 0.320. The van der Waals surface area contributed by atoms with E-state index < -0.39 is 0 Å². The predicted molar refractivity (Wildman–Crippen MR) is 77.5 cm³/mol. The lowest BCUT2D eigenvalue weighted by Crippen LogP contribution is -2.23. The summed E-state index contributed by atoms with van der Waals surface area (Å²) in [5, 5.41) is 0. The molecule has 2 N–H and O–H groups in total. The first-order valence-corrected chi connectivity index (χ1v) is 6.57. The summed E-state index contributed by atoms with van der Waals surface area (Å²) in [7, 11) is 1.38. The highest BCUT2D eigenvalue weighted by Gasteiger charge is 2.30. The molecule has 104 valence electrons. The van der Waals surface area contributed by atoms with Crippen molar-refractivity contribution in [3.63, 3.8) is 0 Å². The van der Waals surface area contributed by atoms with Crippen LogP contribution in [0.15, 0.2) is 12.1 Å². The summed E-state index contributed by atoms with van der Waals surface area (Å²) in [5.41, 5.74) is 9.22. The second kappa shape index (κ2) is 4.76. The van der Waals surface area contributed by atoms with Gasteiger partial charge in [0.05, 0.1) is 12.7 Å². The van der Waals surface area contributed by atoms with Crippen molar-refractivity contribution in [1.29, 1.82) is 0 Å². The summed E-state index contributed by atoms with van der Waals surface area (Å²) >= 11 is 0. The average molecular weight is 262 g/mol. The van der Waals surface area contributed by atoms with Crippen molar-refractivity contribution in [1.82, 2.24) is 0 Å². The molecule has 0 radical (unpaired) electrons. The molecule has 2 rings (SSSR count). The molecule has 19 heavy (non-hydrogen) atoms. The molecule has 0 saturated carbocycles. The fourth-order valence-corrected chi connectivity index (χ4v) is 2.57. The van der Waals surface area contributed by atoms with Gasteiger partial charge in [-0.25, -0.2) is 4.79 Å². The van der Waals surface area contributed by atoms with Crippen LogP contribution in [0.3, 0.4) is 0 Å². The Hall–Kier alpha value is -1.71. The van der Waals surface area contributed by atoms with E-state index in [2.05, 4.69) is 18.7 Å². The van der Waals surface area contributed by atoms with E-state index in [1.54, 1.807) is 0 Å². The van der Waals surface area contributed by atoms with E-state index in [9.17, 15) is 4.79 Å². The molecule has 1 aliphatic heterocycles. The molecule has 0 unspecified atom stereocenters. The SMILES string of the molecule is COC(=O)c1cc(N2CCC(C)(C)C2)cc(C)c1N. The van der Waals surface area contributed by atoms with E-state index >= 15 is 0 Å². The lowest BCUT2D eigenvalue weighted by atomic mass is 9.93. The van der Waals surface area contributed by atoms with Crippen LogP contribution in [0.4, 0.5) is 11.4 Å². The zero-order chi connectivity index (χ0) is 14.2. The van der Waals surface area contributed by atoms with Crippen molar-refractivity contribution in [3.8, 4) is 0 Å². The minimum Gasteiger partial charge on any atom is -0.465 e. The first-order valence-electron chi connectivity index (χ1n) is 6.57. The van der Waals surface area contributed by atoms with Crippen molar-refractivity contribution in [2.24, 2.45) is 5.41 Å². The normalized spacial score (nSPS) is 17.6. The summed E-state index contributed by atoms with van der Waals surface area (Å²) in [6.45, 7) is 8.46. The van der Waals surface area contributed by atoms with Crippen molar-refractivity contribution in [3.05, 3.63) is 23.3 Å². The van der Waals surface area contributed by atoms with Gasteiger partial charge in [-0.3, -0.25) is 0 Å². The molecule has 0 aromatic heterocycles. The van der Waals surface area contributed by atoms with Crippen molar-refractivity contribution < 1.29 is 9.53 Å². The molecule has 0 atom stereocenters. The van der Waals surface area contributed by atoms with Gasteiger partial charge in [-0.1, -0.05) is 13.8 Å². The Kier molecular flexibility index (Phi) is 3.43. The van der Waals surface area contributed by atoms with Gasteiger partial charge in [0.25, 0.3) is 0 Å². The van der Waals surface area contributed by atoms with Crippen molar-refractivity contribution >= 4 is 17.3 Å². The number of methoxy groups -OCH3 is 1. The minimum atomic E-state index is -0.374. The molecule has 4 nitrogen and oxygen atoms in total. The maximum absolute atomic E-state index is 11.8. The fourth-order valence-electron chi connectivity index (χ4n) is 2.57. The monoisotopic (exact) mass is 262 g/mol. The van der Waals surface area contributed by atoms with Crippen molar-refractivity contribution in [2.45, 2.75) is 27.2 Å². The number of benzene rings is 1. The Balaban J connectivity index is 2.38. The van der Waals surface area contributed by atoms with Crippen LogP contribution in [0, 0.1) is 12.3 Å². The standard InChI is InChI=1S/C15H22N2O2/c1-10-7-11(17-6-5-15(2,3)9-17)8-12(13(10)16)14(18)19-4/h7-8H,5-6,9,16H2,1-4H3. The van der Waals surface area contributed by atoms with E-state index in [1.807, 2.05) is 19.1 Å². The number of aryl methyl sites for hydroxylation is 1. The van der Waals surface area contributed by atoms with Gasteiger partial charge in [-0.05, 0) is 36.5 Å². The van der Waals surface area contributed by atoms with Gasteiger partial charge in [0.15, 0.2) is 0 Å². The third-order valence-corrected chi connectivity index (χ3v) is 3.82. The van der Waals surface area contributed by atoms with Crippen LogP contribution in [0.2, 0.25) is 0 Å². The lowest BCUT2D eigenvalue weighted by Gasteiger charge is -2.23. The van der Waals surface area contributed by atoms with Crippen molar-refractivity contribution in [2.75, 3.05) is 30.8 Å². The van der Waals surface area contributed by atoms with E-state index in [-0.39, 0.29) is 5.97 Å². The number of esters is 1. The fraction of sp³-hybridized carbons (Fsp3) is 0.533. The number of ether oxygens (including phenoxy) is 1. The van der Waals surface area contributed by atoms with Gasteiger partial charge in [-0.2, -0.15) is 0 Å². The summed E-state index contributed by atoms with van der Waals surface area (Å²) in [6.07, 6.45) is 1.16. The summed E-state index contributed by atoms with van der Waals surface area (Å²) < 4.78 is 4.79. The molecule has 0 spiro atoms. The molecule has 1 aliphatic rings. The molecule has 1 saturated heterocycles. The third-order valence-electron chi connectivity index (χ3n) is 3.82. The van der Waals surface area contributed by atoms with E-state index in [4.69, 9.17) is 10.5 Å². The van der Waals surface area contributed by atoms with Gasteiger partial charge >= 0.3 is 5.97 Å². The maximum atomic E-state index is 11.8. The number of rotatable bonds is 2. The molecule has 4 heteroatoms. The second-order valence-corrected chi connectivity index (χ2v) is 6.05. The van der Waals surface area contributed by atoms with Crippen LogP contribution in [0.1, 0.15) is 36.2 Å². The number of hydrogen-bond acceptors (Lipinski definition) is 4. The summed E-state index contributed by atoms with van der Waals surface area (Å²) in [5.74, 6) is -0.374. The average Bonchev–Trinajstić information content (AvgIpc) is 2.72. The Morgan fingerprint density at radius 3 is 2.63 bits per heavy atom. The Labute approximate surface area is 114 Å². The van der Waals surface area contributed by atoms with Gasteiger partial charge in [0, 0.05) is 24.5 Å². The van der Waals surface area contributed by atoms with Crippen LogP contribution >= 0.6 is 0 Å². The number of hydrogen-bond donors (Lipinski definition) is 1. The number of nitrogens with zero attached hydrogens (tertiary/aromatic N) is 1. The first-order chi connectivity index (χ1) is 8.84. The molecule has 0 amide bonds. The second-order valence-electron chi connectivity index (χ2n) is 6.05. The number of carbonyl (C=O) groups excluding carboxylic acids is 1. The van der Waals surface area contributed by atoms with E-state index in [0.717, 1.165) is 30.8 Å².